The summed E-state index contributed by atoms with van der Waals surface area (Å²) in [7, 11) is 0. The lowest BCUT2D eigenvalue weighted by atomic mass is 10.0. The highest BCUT2D eigenvalue weighted by molar-refractivity contribution is 6.31. The van der Waals surface area contributed by atoms with E-state index in [2.05, 4.69) is 46.2 Å². The first-order valence-electron chi connectivity index (χ1n) is 17.6. The van der Waals surface area contributed by atoms with Gasteiger partial charge in [0.15, 0.2) is 17.1 Å². The molecule has 15 heteroatoms. The van der Waals surface area contributed by atoms with Crippen molar-refractivity contribution in [1.82, 2.24) is 46.2 Å². The molecular weight excluding hydrogens is 743 g/mol. The summed E-state index contributed by atoms with van der Waals surface area (Å²) in [6.07, 6.45) is 11.0. The van der Waals surface area contributed by atoms with E-state index in [0.29, 0.717) is 49.2 Å². The number of aromatic amines is 3. The predicted molar refractivity (Wildman–Crippen MR) is 204 cm³/mol. The van der Waals surface area contributed by atoms with Crippen LogP contribution in [0.25, 0.3) is 33.8 Å². The zero-order valence-electron chi connectivity index (χ0n) is 29.0. The largest absolute Gasteiger partial charge is 0.196 e. The molecule has 3 aromatic carbocycles. The smallest absolute Gasteiger partial charge is 0.190 e. The van der Waals surface area contributed by atoms with Gasteiger partial charge in [0.1, 0.15) is 35.3 Å². The molecule has 3 aliphatic carbocycles. The van der Waals surface area contributed by atoms with Crippen LogP contribution in [-0.4, -0.2) is 46.2 Å². The van der Waals surface area contributed by atoms with Crippen molar-refractivity contribution in [3.63, 3.8) is 0 Å². The van der Waals surface area contributed by atoms with Crippen LogP contribution in [0, 0.1) is 51.7 Å². The first kappa shape index (κ1) is 36.8. The fourth-order valence-electron chi connectivity index (χ4n) is 6.21. The fourth-order valence-corrected chi connectivity index (χ4v) is 6.98. The Labute approximate surface area is 326 Å². The second-order valence-electron chi connectivity index (χ2n) is 13.9. The molecule has 3 aliphatic rings. The van der Waals surface area contributed by atoms with Crippen molar-refractivity contribution in [3.8, 4) is 52.0 Å². The molecule has 0 unspecified atom stereocenters. The average molecular weight is 776 g/mol. The number of benzene rings is 3. The number of halogens is 3. The van der Waals surface area contributed by atoms with Gasteiger partial charge in [-0.25, -0.2) is 0 Å². The van der Waals surface area contributed by atoms with E-state index < -0.39 is 0 Å². The first-order chi connectivity index (χ1) is 26.3. The Bertz CT molecular complexity index is 2130. The van der Waals surface area contributed by atoms with Crippen molar-refractivity contribution >= 4 is 34.8 Å². The van der Waals surface area contributed by atoms with E-state index in [4.69, 9.17) is 50.6 Å². The van der Waals surface area contributed by atoms with E-state index in [1.165, 1.54) is 55.2 Å². The molecule has 54 heavy (non-hydrogen) atoms. The Morgan fingerprint density at radius 2 is 0.722 bits per heavy atom. The number of nitrogens with one attached hydrogen (secondary N) is 3. The van der Waals surface area contributed by atoms with Gasteiger partial charge in [-0.15, -0.1) is 15.3 Å². The van der Waals surface area contributed by atoms with Gasteiger partial charge < -0.3 is 0 Å². The number of rotatable bonds is 9. The minimum atomic E-state index is 0.301. The lowest BCUT2D eigenvalue weighted by Crippen LogP contribution is -1.90. The molecule has 3 saturated carbocycles. The van der Waals surface area contributed by atoms with Crippen LogP contribution in [0.4, 0.5) is 0 Å². The van der Waals surface area contributed by atoms with Crippen LogP contribution in [0.5, 0.6) is 0 Å². The highest BCUT2D eigenvalue weighted by Gasteiger charge is 2.24. The maximum Gasteiger partial charge on any atom is 0.190 e. The molecule has 0 aliphatic heterocycles. The molecule has 0 spiro atoms. The van der Waals surface area contributed by atoms with Crippen molar-refractivity contribution in [3.05, 3.63) is 103 Å². The Kier molecular flexibility index (Phi) is 11.3. The highest BCUT2D eigenvalue weighted by Crippen LogP contribution is 2.37. The number of nitriles is 3. The molecule has 3 N–H and O–H groups in total. The van der Waals surface area contributed by atoms with Crippen molar-refractivity contribution in [2.75, 3.05) is 0 Å². The lowest BCUT2D eigenvalue weighted by molar-refractivity contribution is 0.832. The third-order valence-electron chi connectivity index (χ3n) is 9.32. The van der Waals surface area contributed by atoms with Gasteiger partial charge in [0.25, 0.3) is 0 Å². The second kappa shape index (κ2) is 16.6. The Hall–Kier alpha value is -5.58. The molecule has 0 bridgehead atoms. The molecule has 0 saturated heterocycles. The quantitative estimate of drug-likeness (QED) is 0.128. The van der Waals surface area contributed by atoms with E-state index in [-0.39, 0.29) is 0 Å². The van der Waals surface area contributed by atoms with E-state index >= 15 is 0 Å². The summed E-state index contributed by atoms with van der Waals surface area (Å²) in [6.45, 7) is 0. The summed E-state index contributed by atoms with van der Waals surface area (Å²) < 4.78 is 0. The summed E-state index contributed by atoms with van der Waals surface area (Å²) in [5.41, 5.74) is 8.76. The number of aromatic nitrogens is 9. The summed E-state index contributed by atoms with van der Waals surface area (Å²) >= 11 is 18.4. The summed E-state index contributed by atoms with van der Waals surface area (Å²) in [5.74, 6) is 2.39. The monoisotopic (exact) mass is 774 g/mol. The summed E-state index contributed by atoms with van der Waals surface area (Å²) in [4.78, 5) is 0. The van der Waals surface area contributed by atoms with E-state index in [1.54, 1.807) is 0 Å². The van der Waals surface area contributed by atoms with Gasteiger partial charge in [-0.05, 0) is 147 Å². The average Bonchev–Trinajstić information content (AvgIpc) is 4.13. The maximum atomic E-state index is 8.96. The SMILES string of the molecule is N#Cc1n[nH]nc1-c1cc(Cl)cc(CC2CC2)c1.N#Cc1n[nH]nc1-c1cc(Cl)cc(CC2CC2)c1.N#Cc1n[nH]nc1-c1cc(Cl)cc(CC2CC2)c1. The minimum absolute atomic E-state index is 0.301. The number of nitrogens with zero attached hydrogens (tertiary/aromatic N) is 9. The Morgan fingerprint density at radius 1 is 0.444 bits per heavy atom. The molecule has 0 amide bonds. The van der Waals surface area contributed by atoms with Crippen LogP contribution < -0.4 is 0 Å². The van der Waals surface area contributed by atoms with Gasteiger partial charge in [0.05, 0.1) is 0 Å². The second-order valence-corrected chi connectivity index (χ2v) is 15.2. The number of hydrogen-bond donors (Lipinski definition) is 3. The highest BCUT2D eigenvalue weighted by atomic mass is 35.5. The molecule has 270 valence electrons. The molecule has 12 nitrogen and oxygen atoms in total. The van der Waals surface area contributed by atoms with E-state index in [1.807, 2.05) is 72.8 Å². The van der Waals surface area contributed by atoms with E-state index in [9.17, 15) is 0 Å². The summed E-state index contributed by atoms with van der Waals surface area (Å²) in [5, 5.41) is 59.8. The molecule has 3 heterocycles. The molecule has 3 fully saturated rings. The molecular formula is C39H33Cl3N12. The first-order valence-corrected chi connectivity index (χ1v) is 18.7. The third-order valence-corrected chi connectivity index (χ3v) is 9.97. The zero-order valence-corrected chi connectivity index (χ0v) is 31.2. The molecule has 9 rings (SSSR count). The molecule has 6 aromatic rings. The molecule has 0 atom stereocenters. The molecule has 3 aromatic heterocycles. The standard InChI is InChI=1S/3C13H11ClN4/c3*14-11-5-9(3-8-1-2-8)4-10(6-11)13-12(7-15)16-18-17-13/h3*4-6,8H,1-3H2,(H,16,17,18). The third kappa shape index (κ3) is 9.69. The lowest BCUT2D eigenvalue weighted by Gasteiger charge is -2.04. The summed E-state index contributed by atoms with van der Waals surface area (Å²) in [6, 6.07) is 23.6. The van der Waals surface area contributed by atoms with Crippen molar-refractivity contribution in [2.24, 2.45) is 17.8 Å². The normalized spacial score (nSPS) is 14.4. The van der Waals surface area contributed by atoms with Crippen LogP contribution in [-0.2, 0) is 19.3 Å². The van der Waals surface area contributed by atoms with Crippen LogP contribution >= 0.6 is 34.8 Å². The van der Waals surface area contributed by atoms with Crippen molar-refractivity contribution < 1.29 is 0 Å². The van der Waals surface area contributed by atoms with Gasteiger partial charge in [0, 0.05) is 31.8 Å². The topological polar surface area (TPSA) is 196 Å². The number of H-pyrrole nitrogens is 3. The van der Waals surface area contributed by atoms with Crippen molar-refractivity contribution in [1.29, 1.82) is 15.8 Å². The Balaban J connectivity index is 0.000000125. The van der Waals surface area contributed by atoms with Gasteiger partial charge in [0.2, 0.25) is 0 Å². The zero-order chi connectivity index (χ0) is 37.6. The maximum absolute atomic E-state index is 8.96. The predicted octanol–water partition coefficient (Wildman–Crippen LogP) is 8.85. The van der Waals surface area contributed by atoms with Crippen LogP contribution in [0.3, 0.4) is 0 Å². The van der Waals surface area contributed by atoms with Crippen LogP contribution in [0.2, 0.25) is 15.1 Å². The van der Waals surface area contributed by atoms with Gasteiger partial charge in [-0.2, -0.15) is 46.7 Å². The minimum Gasteiger partial charge on any atom is -0.196 e. The van der Waals surface area contributed by atoms with Gasteiger partial charge >= 0.3 is 0 Å². The Morgan fingerprint density at radius 3 is 0.963 bits per heavy atom. The van der Waals surface area contributed by atoms with Gasteiger partial charge in [-0.3, -0.25) is 0 Å². The van der Waals surface area contributed by atoms with E-state index in [0.717, 1.165) is 53.7 Å². The van der Waals surface area contributed by atoms with Crippen LogP contribution in [0.1, 0.15) is 72.3 Å². The fraction of sp³-hybridized carbons (Fsp3) is 0.308. The van der Waals surface area contributed by atoms with Crippen LogP contribution in [0.15, 0.2) is 54.6 Å². The number of hydrogen-bond acceptors (Lipinski definition) is 9. The van der Waals surface area contributed by atoms with Crippen molar-refractivity contribution in [2.45, 2.75) is 57.8 Å². The molecule has 0 radical (unpaired) electrons. The van der Waals surface area contributed by atoms with Gasteiger partial charge in [-0.1, -0.05) is 34.8 Å².